The van der Waals surface area contributed by atoms with E-state index in [1.807, 2.05) is 30.3 Å². The Hall–Kier alpha value is -3.56. The third-order valence-electron chi connectivity index (χ3n) is 5.66. The topological polar surface area (TPSA) is 104 Å². The summed E-state index contributed by atoms with van der Waals surface area (Å²) in [6.45, 7) is 7.57. The second-order valence-electron chi connectivity index (χ2n) is 7.70. The molecule has 1 unspecified atom stereocenters. The monoisotopic (exact) mass is 415 g/mol. The molecule has 160 valence electrons. The smallest absolute Gasteiger partial charge is 0.257 e. The number of carbonyl (C=O) groups is 1. The van der Waals surface area contributed by atoms with Crippen LogP contribution in [0.25, 0.3) is 5.57 Å². The first-order chi connectivity index (χ1) is 15.0. The molecule has 1 aliphatic rings. The molecule has 1 aliphatic heterocycles. The van der Waals surface area contributed by atoms with Gasteiger partial charge in [-0.25, -0.2) is 0 Å². The normalized spacial score (nSPS) is 13.8. The van der Waals surface area contributed by atoms with Crippen LogP contribution in [0.3, 0.4) is 0 Å². The number of nitriles is 3. The van der Waals surface area contributed by atoms with E-state index in [1.165, 1.54) is 25.7 Å². The van der Waals surface area contributed by atoms with Crippen molar-refractivity contribution >= 4 is 17.2 Å². The first-order valence-corrected chi connectivity index (χ1v) is 10.9. The van der Waals surface area contributed by atoms with Crippen molar-refractivity contribution in [2.24, 2.45) is 0 Å². The van der Waals surface area contributed by atoms with Crippen molar-refractivity contribution in [2.75, 3.05) is 11.4 Å². The number of benzene rings is 1. The average molecular weight is 416 g/mol. The highest BCUT2D eigenvalue weighted by Gasteiger charge is 2.31. The summed E-state index contributed by atoms with van der Waals surface area (Å²) >= 11 is 0. The summed E-state index contributed by atoms with van der Waals surface area (Å²) in [6.07, 6.45) is 7.14. The van der Waals surface area contributed by atoms with Gasteiger partial charge in [-0.3, -0.25) is 4.79 Å². The zero-order valence-electron chi connectivity index (χ0n) is 18.5. The van der Waals surface area contributed by atoms with E-state index < -0.39 is 5.91 Å². The SMILES string of the molecule is CCCCCCCN(c1ccc(C2=C(C#N)C(=C(C#N)C#N)NC2=O)cc1)C(C)CC. The minimum absolute atomic E-state index is 0.00936. The van der Waals surface area contributed by atoms with Crippen molar-refractivity contribution in [3.63, 3.8) is 0 Å². The maximum atomic E-state index is 12.5. The third-order valence-corrected chi connectivity index (χ3v) is 5.66. The summed E-state index contributed by atoms with van der Waals surface area (Å²) in [4.78, 5) is 14.9. The number of allylic oxidation sites excluding steroid dienone is 2. The fourth-order valence-corrected chi connectivity index (χ4v) is 3.72. The van der Waals surface area contributed by atoms with Gasteiger partial charge in [0.2, 0.25) is 0 Å². The van der Waals surface area contributed by atoms with E-state index in [9.17, 15) is 10.1 Å². The Morgan fingerprint density at radius 2 is 1.68 bits per heavy atom. The molecule has 0 aromatic heterocycles. The van der Waals surface area contributed by atoms with Crippen molar-refractivity contribution in [1.82, 2.24) is 5.32 Å². The fourth-order valence-electron chi connectivity index (χ4n) is 3.72. The molecule has 6 nitrogen and oxygen atoms in total. The van der Waals surface area contributed by atoms with Crippen molar-refractivity contribution in [1.29, 1.82) is 15.8 Å². The summed E-state index contributed by atoms with van der Waals surface area (Å²) in [6, 6.07) is 13.4. The van der Waals surface area contributed by atoms with Gasteiger partial charge in [-0.2, -0.15) is 15.8 Å². The number of anilines is 1. The highest BCUT2D eigenvalue weighted by Crippen LogP contribution is 2.31. The molecule has 1 heterocycles. The lowest BCUT2D eigenvalue weighted by molar-refractivity contribution is -0.114. The third kappa shape index (κ3) is 5.53. The number of amides is 1. The molecule has 0 radical (unpaired) electrons. The van der Waals surface area contributed by atoms with Crippen LogP contribution in [0.5, 0.6) is 0 Å². The summed E-state index contributed by atoms with van der Waals surface area (Å²) in [5.74, 6) is -0.475. The molecule has 31 heavy (non-hydrogen) atoms. The Labute approximate surface area is 185 Å². The number of nitrogens with one attached hydrogen (secondary N) is 1. The van der Waals surface area contributed by atoms with Crippen molar-refractivity contribution in [3.8, 4) is 18.2 Å². The van der Waals surface area contributed by atoms with Crippen LogP contribution in [0.4, 0.5) is 5.69 Å². The van der Waals surface area contributed by atoms with Crippen LogP contribution in [-0.4, -0.2) is 18.5 Å². The Morgan fingerprint density at radius 1 is 1.03 bits per heavy atom. The molecular formula is C25H29N5O. The van der Waals surface area contributed by atoms with E-state index >= 15 is 0 Å². The number of rotatable bonds is 10. The Bertz CT molecular complexity index is 967. The standard InChI is InChI=1S/C25H29N5O/c1-4-6-7-8-9-14-30(18(3)5-2)21-12-10-19(11-13-21)23-22(17-28)24(29-25(23)31)20(15-26)16-27/h10-13,18H,4-9,14H2,1-3H3,(H,29,31). The number of carbonyl (C=O) groups excluding carboxylic acids is 1. The van der Waals surface area contributed by atoms with Crippen LogP contribution < -0.4 is 10.2 Å². The first kappa shape index (κ1) is 23.7. The highest BCUT2D eigenvalue weighted by molar-refractivity contribution is 6.26. The molecule has 2 rings (SSSR count). The van der Waals surface area contributed by atoms with Crippen LogP contribution in [-0.2, 0) is 4.79 Å². The molecule has 1 aromatic carbocycles. The lowest BCUT2D eigenvalue weighted by Crippen LogP contribution is -2.33. The van der Waals surface area contributed by atoms with Gasteiger partial charge < -0.3 is 10.2 Å². The Morgan fingerprint density at radius 3 is 2.23 bits per heavy atom. The lowest BCUT2D eigenvalue weighted by atomic mass is 9.99. The second-order valence-corrected chi connectivity index (χ2v) is 7.70. The molecule has 1 N–H and O–H groups in total. The highest BCUT2D eigenvalue weighted by atomic mass is 16.2. The summed E-state index contributed by atoms with van der Waals surface area (Å²) in [5, 5.41) is 30.3. The van der Waals surface area contributed by atoms with Gasteiger partial charge in [0.05, 0.1) is 16.8 Å². The average Bonchev–Trinajstić information content (AvgIpc) is 3.12. The maximum Gasteiger partial charge on any atom is 0.257 e. The van der Waals surface area contributed by atoms with Crippen LogP contribution in [0, 0.1) is 34.0 Å². The van der Waals surface area contributed by atoms with Crippen molar-refractivity contribution in [2.45, 2.75) is 65.3 Å². The molecule has 1 aromatic rings. The molecule has 0 saturated heterocycles. The van der Waals surface area contributed by atoms with Crippen LogP contribution >= 0.6 is 0 Å². The molecule has 1 atom stereocenters. The van der Waals surface area contributed by atoms with Crippen molar-refractivity contribution in [3.05, 3.63) is 46.7 Å². The molecule has 0 aliphatic carbocycles. The van der Waals surface area contributed by atoms with Crippen LogP contribution in [0.15, 0.2) is 41.1 Å². The molecule has 0 spiro atoms. The second kappa shape index (κ2) is 11.6. The Balaban J connectivity index is 2.32. The Kier molecular flexibility index (Phi) is 8.86. The summed E-state index contributed by atoms with van der Waals surface area (Å²) in [5.41, 5.74) is 1.62. The quantitative estimate of drug-likeness (QED) is 0.429. The zero-order valence-corrected chi connectivity index (χ0v) is 18.5. The van der Waals surface area contributed by atoms with Crippen LogP contribution in [0.1, 0.15) is 64.9 Å². The number of unbranched alkanes of at least 4 members (excludes halogenated alkanes) is 4. The van der Waals surface area contributed by atoms with E-state index in [0.29, 0.717) is 11.6 Å². The first-order valence-electron chi connectivity index (χ1n) is 10.9. The van der Waals surface area contributed by atoms with Gasteiger partial charge in [0.15, 0.2) is 5.57 Å². The van der Waals surface area contributed by atoms with Gasteiger partial charge >= 0.3 is 0 Å². The fraction of sp³-hybridized carbons (Fsp3) is 0.440. The van der Waals surface area contributed by atoms with Gasteiger partial charge in [-0.15, -0.1) is 0 Å². The van der Waals surface area contributed by atoms with E-state index in [1.54, 1.807) is 12.1 Å². The summed E-state index contributed by atoms with van der Waals surface area (Å²) < 4.78 is 0. The van der Waals surface area contributed by atoms with E-state index in [4.69, 9.17) is 10.5 Å². The van der Waals surface area contributed by atoms with E-state index in [0.717, 1.165) is 25.1 Å². The van der Waals surface area contributed by atoms with E-state index in [-0.39, 0.29) is 22.4 Å². The maximum absolute atomic E-state index is 12.5. The molecular weight excluding hydrogens is 386 g/mol. The molecule has 1 amide bonds. The largest absolute Gasteiger partial charge is 0.369 e. The van der Waals surface area contributed by atoms with Gasteiger partial charge in [0.25, 0.3) is 5.91 Å². The summed E-state index contributed by atoms with van der Waals surface area (Å²) in [7, 11) is 0. The van der Waals surface area contributed by atoms with Crippen molar-refractivity contribution < 1.29 is 4.79 Å². The van der Waals surface area contributed by atoms with Gasteiger partial charge in [-0.05, 0) is 37.5 Å². The van der Waals surface area contributed by atoms with Crippen LogP contribution in [0.2, 0.25) is 0 Å². The number of hydrogen-bond acceptors (Lipinski definition) is 5. The molecule has 0 saturated carbocycles. The minimum atomic E-state index is -0.475. The lowest BCUT2D eigenvalue weighted by Gasteiger charge is -2.31. The molecule has 0 bridgehead atoms. The van der Waals surface area contributed by atoms with Gasteiger partial charge in [0.1, 0.15) is 18.2 Å². The number of hydrogen-bond donors (Lipinski definition) is 1. The zero-order chi connectivity index (χ0) is 22.8. The molecule has 0 fully saturated rings. The number of nitrogens with zero attached hydrogens (tertiary/aromatic N) is 4. The minimum Gasteiger partial charge on any atom is -0.369 e. The van der Waals surface area contributed by atoms with Gasteiger partial charge in [-0.1, -0.05) is 51.7 Å². The van der Waals surface area contributed by atoms with Gasteiger partial charge in [0, 0.05) is 18.3 Å². The predicted octanol–water partition coefficient (Wildman–Crippen LogP) is 4.97. The predicted molar refractivity (Wildman–Crippen MR) is 121 cm³/mol. The van der Waals surface area contributed by atoms with E-state index in [2.05, 4.69) is 31.0 Å². The molecule has 6 heteroatoms.